The molecule has 0 aromatic carbocycles. The fourth-order valence-electron chi connectivity index (χ4n) is 2.36. The molecule has 1 aromatic heterocycles. The number of aromatic nitrogens is 1. The van der Waals surface area contributed by atoms with Gasteiger partial charge >= 0.3 is 0 Å². The van der Waals surface area contributed by atoms with Gasteiger partial charge in [-0.15, -0.1) is 0 Å². The summed E-state index contributed by atoms with van der Waals surface area (Å²) in [5.41, 5.74) is 1.95. The summed E-state index contributed by atoms with van der Waals surface area (Å²) in [4.78, 5) is 3.79. The van der Waals surface area contributed by atoms with Gasteiger partial charge in [0.05, 0.1) is 6.10 Å². The molecular formula is C12H18F2N4O. The molecule has 5 nitrogen and oxygen atoms in total. The van der Waals surface area contributed by atoms with Gasteiger partial charge in [-0.2, -0.15) is 0 Å². The third kappa shape index (κ3) is 2.35. The summed E-state index contributed by atoms with van der Waals surface area (Å²) in [5.74, 6) is 3.35. The highest BCUT2D eigenvalue weighted by Gasteiger charge is 2.48. The van der Waals surface area contributed by atoms with Crippen molar-refractivity contribution >= 4 is 11.6 Å². The molecule has 1 heterocycles. The van der Waals surface area contributed by atoms with Gasteiger partial charge < -0.3 is 15.5 Å². The molecule has 1 fully saturated rings. The molecule has 2 atom stereocenters. The maximum Gasteiger partial charge on any atom is 0.178 e. The Balaban J connectivity index is 2.17. The van der Waals surface area contributed by atoms with Crippen LogP contribution in [0.4, 0.5) is 20.4 Å². The number of nitrogens with one attached hydrogen (secondary N) is 2. The summed E-state index contributed by atoms with van der Waals surface area (Å²) in [6.45, 7) is 4.04. The summed E-state index contributed by atoms with van der Waals surface area (Å²) < 4.78 is 32.2. The predicted octanol–water partition coefficient (Wildman–Crippen LogP) is 1.87. The number of nitrogens with zero attached hydrogens (tertiary/aromatic N) is 1. The number of halogens is 2. The molecule has 1 aliphatic carbocycles. The van der Waals surface area contributed by atoms with Gasteiger partial charge in [-0.25, -0.2) is 19.6 Å². The Morgan fingerprint density at radius 1 is 1.37 bits per heavy atom. The van der Waals surface area contributed by atoms with Crippen LogP contribution < -0.4 is 16.6 Å². The molecule has 19 heavy (non-hydrogen) atoms. The lowest BCUT2D eigenvalue weighted by molar-refractivity contribution is -0.0796. The molecule has 0 aliphatic heterocycles. The fraction of sp³-hybridized carbons (Fsp3) is 0.583. The van der Waals surface area contributed by atoms with Crippen LogP contribution in [-0.2, 0) is 4.74 Å². The number of rotatable bonds is 4. The van der Waals surface area contributed by atoms with Crippen LogP contribution in [0.1, 0.15) is 20.3 Å². The van der Waals surface area contributed by atoms with Gasteiger partial charge in [0.25, 0.3) is 0 Å². The Morgan fingerprint density at radius 2 is 2.00 bits per heavy atom. The molecule has 2 unspecified atom stereocenters. The molecule has 7 heteroatoms. The first kappa shape index (κ1) is 14.0. The zero-order valence-corrected chi connectivity index (χ0v) is 11.1. The summed E-state index contributed by atoms with van der Waals surface area (Å²) in [7, 11) is 1.65. The van der Waals surface area contributed by atoms with Crippen molar-refractivity contribution in [3.05, 3.63) is 17.7 Å². The molecule has 0 radical (unpaired) electrons. The van der Waals surface area contributed by atoms with Crippen LogP contribution in [0.25, 0.3) is 0 Å². The van der Waals surface area contributed by atoms with Gasteiger partial charge in [0.15, 0.2) is 23.3 Å². The Labute approximate surface area is 110 Å². The molecule has 0 spiro atoms. The van der Waals surface area contributed by atoms with Crippen LogP contribution in [0.5, 0.6) is 0 Å². The van der Waals surface area contributed by atoms with E-state index in [1.807, 2.05) is 13.8 Å². The van der Waals surface area contributed by atoms with E-state index in [1.54, 1.807) is 7.11 Å². The van der Waals surface area contributed by atoms with Crippen molar-refractivity contribution in [1.29, 1.82) is 0 Å². The van der Waals surface area contributed by atoms with Crippen molar-refractivity contribution in [2.24, 2.45) is 11.3 Å². The first-order chi connectivity index (χ1) is 8.90. The monoisotopic (exact) mass is 272 g/mol. The Kier molecular flexibility index (Phi) is 3.60. The van der Waals surface area contributed by atoms with Crippen LogP contribution >= 0.6 is 0 Å². The first-order valence-corrected chi connectivity index (χ1v) is 6.02. The van der Waals surface area contributed by atoms with E-state index in [0.717, 1.165) is 12.5 Å². The van der Waals surface area contributed by atoms with Crippen molar-refractivity contribution in [3.63, 3.8) is 0 Å². The summed E-state index contributed by atoms with van der Waals surface area (Å²) >= 11 is 0. The summed E-state index contributed by atoms with van der Waals surface area (Å²) in [6.07, 6.45) is 0.855. The molecule has 0 bridgehead atoms. The molecule has 2 rings (SSSR count). The number of hydrogen-bond donors (Lipinski definition) is 3. The number of hydrazine groups is 1. The van der Waals surface area contributed by atoms with E-state index in [4.69, 9.17) is 10.6 Å². The lowest BCUT2D eigenvalue weighted by atomic mass is 9.64. The van der Waals surface area contributed by atoms with Gasteiger partial charge in [-0.3, -0.25) is 0 Å². The lowest BCUT2D eigenvalue weighted by Gasteiger charge is -2.51. The van der Waals surface area contributed by atoms with Gasteiger partial charge in [-0.1, -0.05) is 13.8 Å². The van der Waals surface area contributed by atoms with Crippen molar-refractivity contribution in [2.45, 2.75) is 32.4 Å². The topological polar surface area (TPSA) is 72.2 Å². The highest BCUT2D eigenvalue weighted by atomic mass is 19.1. The Hall–Kier alpha value is -1.47. The molecule has 0 saturated heterocycles. The highest BCUT2D eigenvalue weighted by Crippen LogP contribution is 2.44. The Bertz CT molecular complexity index is 481. The van der Waals surface area contributed by atoms with Crippen molar-refractivity contribution in [3.8, 4) is 0 Å². The van der Waals surface area contributed by atoms with Crippen LogP contribution in [0.3, 0.4) is 0 Å². The van der Waals surface area contributed by atoms with Crippen molar-refractivity contribution < 1.29 is 13.5 Å². The maximum atomic E-state index is 13.7. The molecule has 1 aliphatic rings. The molecule has 4 N–H and O–H groups in total. The number of hydrogen-bond acceptors (Lipinski definition) is 5. The van der Waals surface area contributed by atoms with E-state index in [2.05, 4.69) is 15.7 Å². The first-order valence-electron chi connectivity index (χ1n) is 6.02. The average molecular weight is 272 g/mol. The summed E-state index contributed by atoms with van der Waals surface area (Å²) in [5, 5.41) is 2.97. The van der Waals surface area contributed by atoms with Crippen LogP contribution in [0.15, 0.2) is 6.07 Å². The van der Waals surface area contributed by atoms with Crippen LogP contribution in [0.2, 0.25) is 0 Å². The lowest BCUT2D eigenvalue weighted by Crippen LogP contribution is -2.57. The molecular weight excluding hydrogens is 254 g/mol. The quantitative estimate of drug-likeness (QED) is 0.576. The zero-order valence-electron chi connectivity index (χ0n) is 11.1. The second-order valence-electron chi connectivity index (χ2n) is 5.27. The minimum absolute atomic E-state index is 0.00976. The minimum atomic E-state index is -0.826. The van der Waals surface area contributed by atoms with E-state index >= 15 is 0 Å². The zero-order chi connectivity index (χ0) is 14.2. The van der Waals surface area contributed by atoms with E-state index in [0.29, 0.717) is 0 Å². The Morgan fingerprint density at radius 3 is 2.53 bits per heavy atom. The largest absolute Gasteiger partial charge is 0.381 e. The number of anilines is 2. The van der Waals surface area contributed by atoms with Gasteiger partial charge in [0, 0.05) is 24.6 Å². The predicted molar refractivity (Wildman–Crippen MR) is 68.6 cm³/mol. The third-order valence-corrected chi connectivity index (χ3v) is 3.84. The molecule has 1 aromatic rings. The SMILES string of the molecule is COC1CC(Nc2nc(NN)c(F)cc2F)C1(C)C. The standard InChI is InChI=1S/C12H18F2N4O/c1-12(2)8(5-9(12)19-3)16-10-6(13)4-7(14)11(17-10)18-15/h4,8-9H,5,15H2,1-3H3,(H2,16,17,18). The second-order valence-corrected chi connectivity index (χ2v) is 5.27. The maximum absolute atomic E-state index is 13.7. The smallest absolute Gasteiger partial charge is 0.178 e. The highest BCUT2D eigenvalue weighted by molar-refractivity contribution is 5.48. The number of nitrogens with two attached hydrogens (primary N) is 1. The molecule has 1 saturated carbocycles. The van der Waals surface area contributed by atoms with E-state index < -0.39 is 11.6 Å². The minimum Gasteiger partial charge on any atom is -0.381 e. The van der Waals surface area contributed by atoms with Crippen molar-refractivity contribution in [2.75, 3.05) is 17.9 Å². The fourth-order valence-corrected chi connectivity index (χ4v) is 2.36. The normalized spacial score (nSPS) is 24.7. The summed E-state index contributed by atoms with van der Waals surface area (Å²) in [6, 6.07) is 0.764. The second kappa shape index (κ2) is 4.90. The van der Waals surface area contributed by atoms with Gasteiger partial charge in [0.1, 0.15) is 0 Å². The van der Waals surface area contributed by atoms with E-state index in [9.17, 15) is 8.78 Å². The van der Waals surface area contributed by atoms with Crippen LogP contribution in [-0.4, -0.2) is 24.2 Å². The number of pyridine rings is 1. The number of ether oxygens (including phenoxy) is 1. The third-order valence-electron chi connectivity index (χ3n) is 3.84. The van der Waals surface area contributed by atoms with E-state index in [-0.39, 0.29) is 29.2 Å². The molecule has 106 valence electrons. The van der Waals surface area contributed by atoms with Gasteiger partial charge in [-0.05, 0) is 6.42 Å². The van der Waals surface area contributed by atoms with E-state index in [1.165, 1.54) is 0 Å². The van der Waals surface area contributed by atoms with Crippen LogP contribution in [0, 0.1) is 17.0 Å². The number of nitrogen functional groups attached to an aromatic ring is 1. The molecule has 0 amide bonds. The number of methoxy groups -OCH3 is 1. The van der Waals surface area contributed by atoms with Gasteiger partial charge in [0.2, 0.25) is 0 Å². The average Bonchev–Trinajstić information content (AvgIpc) is 2.36. The van der Waals surface area contributed by atoms with Crippen molar-refractivity contribution in [1.82, 2.24) is 4.98 Å².